The van der Waals surface area contributed by atoms with Crippen molar-refractivity contribution in [3.63, 3.8) is 0 Å². The number of aryl methyl sites for hydroxylation is 1. The van der Waals surface area contributed by atoms with Gasteiger partial charge in [-0.3, -0.25) is 4.79 Å². The first-order valence-corrected chi connectivity index (χ1v) is 8.19. The first kappa shape index (κ1) is 16.5. The highest BCUT2D eigenvalue weighted by Crippen LogP contribution is 2.22. The quantitative estimate of drug-likeness (QED) is 0.858. The first-order valence-electron chi connectivity index (χ1n) is 7.21. The van der Waals surface area contributed by atoms with Gasteiger partial charge in [0.2, 0.25) is 11.1 Å². The number of carbonyl (C=O) groups is 1. The summed E-state index contributed by atoms with van der Waals surface area (Å²) in [6.07, 6.45) is 0.881. The molecule has 7 heteroatoms. The van der Waals surface area contributed by atoms with Gasteiger partial charge >= 0.3 is 0 Å². The summed E-state index contributed by atoms with van der Waals surface area (Å²) in [5, 5.41) is 15.2. The summed E-state index contributed by atoms with van der Waals surface area (Å²) >= 11 is 1.34. The molecule has 0 saturated carbocycles. The lowest BCUT2D eigenvalue weighted by Crippen LogP contribution is -2.24. The Morgan fingerprint density at radius 3 is 2.73 bits per heavy atom. The van der Waals surface area contributed by atoms with E-state index in [0.717, 1.165) is 17.7 Å². The molecule has 1 aromatic heterocycles. The van der Waals surface area contributed by atoms with Crippen LogP contribution in [0.2, 0.25) is 0 Å². The number of nitrogens with one attached hydrogen (secondary N) is 1. The van der Waals surface area contributed by atoms with Crippen LogP contribution in [0.15, 0.2) is 29.4 Å². The van der Waals surface area contributed by atoms with Gasteiger partial charge in [-0.1, -0.05) is 36.9 Å². The Labute approximate surface area is 134 Å². The molecule has 0 radical (unpaired) electrons. The summed E-state index contributed by atoms with van der Waals surface area (Å²) in [5.41, 5.74) is 1.78. The summed E-state index contributed by atoms with van der Waals surface area (Å²) in [6, 6.07) is 7.83. The molecule has 0 aliphatic carbocycles. The fourth-order valence-electron chi connectivity index (χ4n) is 1.96. The van der Waals surface area contributed by atoms with Crippen LogP contribution in [0.3, 0.4) is 0 Å². The van der Waals surface area contributed by atoms with Crippen LogP contribution >= 0.6 is 11.8 Å². The van der Waals surface area contributed by atoms with Gasteiger partial charge in [0.1, 0.15) is 0 Å². The summed E-state index contributed by atoms with van der Waals surface area (Å²) in [7, 11) is 0. The van der Waals surface area contributed by atoms with Crippen molar-refractivity contribution in [2.45, 2.75) is 44.8 Å². The molecule has 0 aliphatic rings. The fraction of sp³-hybridized carbons (Fsp3) is 0.467. The number of tetrazole rings is 1. The van der Waals surface area contributed by atoms with Crippen molar-refractivity contribution in [3.8, 4) is 0 Å². The molecular formula is C15H21N5OS. The molecule has 22 heavy (non-hydrogen) atoms. The van der Waals surface area contributed by atoms with Crippen molar-refractivity contribution < 1.29 is 4.79 Å². The average molecular weight is 319 g/mol. The molecule has 6 nitrogen and oxygen atoms in total. The Bertz CT molecular complexity index is 647. The second kappa shape index (κ2) is 6.91. The minimum Gasteiger partial charge on any atom is -0.325 e. The zero-order chi connectivity index (χ0) is 16.2. The van der Waals surface area contributed by atoms with Crippen molar-refractivity contribution in [1.82, 2.24) is 20.2 Å². The molecule has 1 aromatic carbocycles. The SMILES string of the molecule is CCc1ccccc1NC(=O)CSc1nnnn1C(C)(C)C. The maximum absolute atomic E-state index is 12.1. The van der Waals surface area contributed by atoms with E-state index in [1.165, 1.54) is 11.8 Å². The maximum Gasteiger partial charge on any atom is 0.234 e. The van der Waals surface area contributed by atoms with Gasteiger partial charge in [-0.25, -0.2) is 4.68 Å². The number of rotatable bonds is 5. The molecule has 2 aromatic rings. The number of anilines is 1. The normalized spacial score (nSPS) is 11.5. The third kappa shape index (κ3) is 4.07. The van der Waals surface area contributed by atoms with Crippen LogP contribution in [-0.4, -0.2) is 31.9 Å². The standard InChI is InChI=1S/C15H21N5OS/c1-5-11-8-6-7-9-12(11)16-13(21)10-22-14-17-18-19-20(14)15(2,3)4/h6-9H,5,10H2,1-4H3,(H,16,21). The molecule has 0 atom stereocenters. The van der Waals surface area contributed by atoms with E-state index < -0.39 is 0 Å². The monoisotopic (exact) mass is 319 g/mol. The van der Waals surface area contributed by atoms with Crippen LogP contribution in [0.25, 0.3) is 0 Å². The average Bonchev–Trinajstić information content (AvgIpc) is 2.94. The zero-order valence-corrected chi connectivity index (χ0v) is 14.1. The van der Waals surface area contributed by atoms with Gasteiger partial charge in [-0.15, -0.1) is 5.10 Å². The molecular weight excluding hydrogens is 298 g/mol. The number of thioether (sulfide) groups is 1. The molecule has 1 amide bonds. The molecule has 2 rings (SSSR count). The first-order chi connectivity index (χ1) is 10.4. The molecule has 0 bridgehead atoms. The molecule has 1 heterocycles. The number of carbonyl (C=O) groups excluding carboxylic acids is 1. The van der Waals surface area contributed by atoms with E-state index in [1.807, 2.05) is 45.0 Å². The van der Waals surface area contributed by atoms with E-state index in [0.29, 0.717) is 5.16 Å². The summed E-state index contributed by atoms with van der Waals surface area (Å²) in [4.78, 5) is 12.1. The number of nitrogens with zero attached hydrogens (tertiary/aromatic N) is 4. The topological polar surface area (TPSA) is 72.7 Å². The fourth-order valence-corrected chi connectivity index (χ4v) is 2.82. The summed E-state index contributed by atoms with van der Waals surface area (Å²) < 4.78 is 1.73. The van der Waals surface area contributed by atoms with Crippen LogP contribution in [0.5, 0.6) is 0 Å². The van der Waals surface area contributed by atoms with Crippen molar-refractivity contribution in [2.24, 2.45) is 0 Å². The van der Waals surface area contributed by atoms with Crippen molar-refractivity contribution in [1.29, 1.82) is 0 Å². The molecule has 0 saturated heterocycles. The Balaban J connectivity index is 1.98. The number of benzene rings is 1. The smallest absolute Gasteiger partial charge is 0.234 e. The minimum absolute atomic E-state index is 0.0608. The van der Waals surface area contributed by atoms with Gasteiger partial charge in [0.25, 0.3) is 0 Å². The Hall–Kier alpha value is -1.89. The van der Waals surface area contributed by atoms with Crippen LogP contribution in [-0.2, 0) is 16.8 Å². The lowest BCUT2D eigenvalue weighted by atomic mass is 10.1. The molecule has 118 valence electrons. The van der Waals surface area contributed by atoms with Crippen molar-refractivity contribution in [2.75, 3.05) is 11.1 Å². The third-order valence-corrected chi connectivity index (χ3v) is 4.00. The van der Waals surface area contributed by atoms with Crippen molar-refractivity contribution >= 4 is 23.4 Å². The zero-order valence-electron chi connectivity index (χ0n) is 13.3. The second-order valence-electron chi connectivity index (χ2n) is 5.89. The minimum atomic E-state index is -0.211. The van der Waals surface area contributed by atoms with Gasteiger partial charge < -0.3 is 5.32 Å². The molecule has 0 aliphatic heterocycles. The number of hydrogen-bond donors (Lipinski definition) is 1. The molecule has 0 unspecified atom stereocenters. The van der Waals surface area contributed by atoms with Crippen LogP contribution < -0.4 is 5.32 Å². The Morgan fingerprint density at radius 2 is 2.05 bits per heavy atom. The van der Waals surface area contributed by atoms with E-state index >= 15 is 0 Å². The van der Waals surface area contributed by atoms with Gasteiger partial charge in [-0.2, -0.15) is 0 Å². The highest BCUT2D eigenvalue weighted by Gasteiger charge is 2.20. The van der Waals surface area contributed by atoms with Crippen molar-refractivity contribution in [3.05, 3.63) is 29.8 Å². The van der Waals surface area contributed by atoms with E-state index in [9.17, 15) is 4.79 Å². The lowest BCUT2D eigenvalue weighted by Gasteiger charge is -2.19. The second-order valence-corrected chi connectivity index (χ2v) is 6.83. The largest absolute Gasteiger partial charge is 0.325 e. The predicted octanol–water partition coefficient (Wildman–Crippen LogP) is 2.72. The Morgan fingerprint density at radius 1 is 1.32 bits per heavy atom. The maximum atomic E-state index is 12.1. The van der Waals surface area contributed by atoms with Gasteiger partial charge in [0.05, 0.1) is 11.3 Å². The van der Waals surface area contributed by atoms with Crippen LogP contribution in [0.4, 0.5) is 5.69 Å². The highest BCUT2D eigenvalue weighted by molar-refractivity contribution is 7.99. The molecule has 1 N–H and O–H groups in total. The number of aromatic nitrogens is 4. The molecule has 0 fully saturated rings. The van der Waals surface area contributed by atoms with Crippen LogP contribution in [0, 0.1) is 0 Å². The lowest BCUT2D eigenvalue weighted by molar-refractivity contribution is -0.113. The summed E-state index contributed by atoms with van der Waals surface area (Å²) in [6.45, 7) is 8.12. The number of hydrogen-bond acceptors (Lipinski definition) is 5. The third-order valence-electron chi connectivity index (χ3n) is 3.08. The predicted molar refractivity (Wildman–Crippen MR) is 88.0 cm³/mol. The van der Waals surface area contributed by atoms with Gasteiger partial charge in [-0.05, 0) is 49.2 Å². The number of amides is 1. The van der Waals surface area contributed by atoms with E-state index in [4.69, 9.17) is 0 Å². The van der Waals surface area contributed by atoms with E-state index in [2.05, 4.69) is 27.8 Å². The van der Waals surface area contributed by atoms with Crippen LogP contribution in [0.1, 0.15) is 33.3 Å². The molecule has 0 spiro atoms. The summed E-state index contributed by atoms with van der Waals surface area (Å²) in [5.74, 6) is 0.212. The number of para-hydroxylation sites is 1. The van der Waals surface area contributed by atoms with Gasteiger partial charge in [0, 0.05) is 5.69 Å². The highest BCUT2D eigenvalue weighted by atomic mass is 32.2. The Kier molecular flexibility index (Phi) is 5.18. The van der Waals surface area contributed by atoms with Gasteiger partial charge in [0.15, 0.2) is 0 Å². The van der Waals surface area contributed by atoms with E-state index in [1.54, 1.807) is 4.68 Å². The van der Waals surface area contributed by atoms with E-state index in [-0.39, 0.29) is 17.2 Å².